The Bertz CT molecular complexity index is 836. The van der Waals surface area contributed by atoms with Crippen LogP contribution in [0, 0.1) is 0 Å². The van der Waals surface area contributed by atoms with Crippen LogP contribution in [0.4, 0.5) is 4.79 Å². The molecule has 10 nitrogen and oxygen atoms in total. The zero-order chi connectivity index (χ0) is 19.6. The van der Waals surface area contributed by atoms with E-state index >= 15 is 0 Å². The number of alkyl carbamates (subject to hydrolysis) is 1. The third-order valence-corrected chi connectivity index (χ3v) is 5.34. The molecule has 27 heavy (non-hydrogen) atoms. The summed E-state index contributed by atoms with van der Waals surface area (Å²) in [6.07, 6.45) is -0.608. The molecule has 0 spiro atoms. The molecule has 3 amide bonds. The van der Waals surface area contributed by atoms with Gasteiger partial charge in [-0.05, 0) is 25.5 Å². The largest absolute Gasteiger partial charge is 0.450 e. The number of amides is 3. The topological polar surface area (TPSA) is 131 Å². The molecule has 0 radical (unpaired) electrons. The highest BCUT2D eigenvalue weighted by molar-refractivity contribution is 7.84. The summed E-state index contributed by atoms with van der Waals surface area (Å²) in [4.78, 5) is 37.5. The van der Waals surface area contributed by atoms with E-state index in [0.29, 0.717) is 11.1 Å². The number of hydrogen-bond acceptors (Lipinski definition) is 7. The second-order valence-electron chi connectivity index (χ2n) is 6.03. The molecular formula is C16H19N3O7S. The normalized spacial score (nSPS) is 23.8. The fraction of sp³-hybridized carbons (Fsp3) is 0.438. The molecule has 146 valence electrons. The van der Waals surface area contributed by atoms with Crippen molar-refractivity contribution in [2.45, 2.75) is 25.4 Å². The minimum atomic E-state index is -3.97. The van der Waals surface area contributed by atoms with Gasteiger partial charge in [-0.15, -0.1) is 0 Å². The van der Waals surface area contributed by atoms with Crippen LogP contribution in [0.3, 0.4) is 0 Å². The summed E-state index contributed by atoms with van der Waals surface area (Å²) in [6, 6.07) is 4.99. The Morgan fingerprint density at radius 3 is 2.52 bits per heavy atom. The molecule has 1 saturated heterocycles. The van der Waals surface area contributed by atoms with Crippen molar-refractivity contribution in [2.24, 2.45) is 0 Å². The molecule has 11 heteroatoms. The number of nitrogens with one attached hydrogen (secondary N) is 2. The molecular weight excluding hydrogens is 378 g/mol. The molecule has 0 aliphatic carbocycles. The predicted octanol–water partition coefficient (Wildman–Crippen LogP) is 0.0206. The van der Waals surface area contributed by atoms with Gasteiger partial charge in [0.15, 0.2) is 0 Å². The van der Waals surface area contributed by atoms with E-state index in [1.165, 1.54) is 0 Å². The summed E-state index contributed by atoms with van der Waals surface area (Å²) >= 11 is 0. The lowest BCUT2D eigenvalue weighted by Crippen LogP contribution is -2.59. The van der Waals surface area contributed by atoms with Gasteiger partial charge in [-0.25, -0.2) is 4.79 Å². The number of hydrogen-bond donors (Lipinski definition) is 2. The zero-order valence-electron chi connectivity index (χ0n) is 14.5. The molecule has 0 unspecified atom stereocenters. The monoisotopic (exact) mass is 397 g/mol. The van der Waals surface area contributed by atoms with Gasteiger partial charge in [-0.2, -0.15) is 13.1 Å². The van der Waals surface area contributed by atoms with E-state index in [2.05, 4.69) is 10.0 Å². The van der Waals surface area contributed by atoms with Crippen LogP contribution in [0.5, 0.6) is 0 Å². The van der Waals surface area contributed by atoms with E-state index in [1.54, 1.807) is 31.2 Å². The number of carbonyl (C=O) groups is 3. The van der Waals surface area contributed by atoms with Gasteiger partial charge in [-0.1, -0.05) is 12.1 Å². The number of nitrogens with zero attached hydrogens (tertiary/aromatic N) is 1. The lowest BCUT2D eigenvalue weighted by atomic mass is 10.1. The number of ether oxygens (including phenoxy) is 1. The van der Waals surface area contributed by atoms with Crippen LogP contribution >= 0.6 is 0 Å². The molecule has 0 saturated carbocycles. The van der Waals surface area contributed by atoms with E-state index in [1.807, 2.05) is 0 Å². The molecule has 1 aromatic rings. The first-order valence-electron chi connectivity index (χ1n) is 8.37. The summed E-state index contributed by atoms with van der Waals surface area (Å²) < 4.78 is 35.2. The molecule has 2 aliphatic heterocycles. The lowest BCUT2D eigenvalue weighted by molar-refractivity contribution is 0.0642. The molecule has 0 aromatic heterocycles. The first-order valence-corrected chi connectivity index (χ1v) is 9.78. The van der Waals surface area contributed by atoms with Crippen LogP contribution in [0.15, 0.2) is 24.3 Å². The smallest absolute Gasteiger partial charge is 0.407 e. The third-order valence-electron chi connectivity index (χ3n) is 4.30. The Morgan fingerprint density at radius 1 is 1.30 bits per heavy atom. The van der Waals surface area contributed by atoms with Gasteiger partial charge in [0, 0.05) is 12.6 Å². The maximum atomic E-state index is 12.4. The predicted molar refractivity (Wildman–Crippen MR) is 92.2 cm³/mol. The van der Waals surface area contributed by atoms with Gasteiger partial charge < -0.3 is 10.1 Å². The summed E-state index contributed by atoms with van der Waals surface area (Å²) in [7, 11) is -3.97. The van der Waals surface area contributed by atoms with Crippen molar-refractivity contribution in [3.63, 3.8) is 0 Å². The SMILES string of the molecule is CCOC(=O)N[C@@H]1COS(=O)(=O)N[C@H]1CCN1C(=O)c2ccccc2C1=O. The van der Waals surface area contributed by atoms with Crippen molar-refractivity contribution in [2.75, 3.05) is 19.8 Å². The second kappa shape index (κ2) is 7.62. The molecule has 2 heterocycles. The maximum Gasteiger partial charge on any atom is 0.407 e. The third kappa shape index (κ3) is 4.10. The molecule has 1 aromatic carbocycles. The number of rotatable bonds is 5. The van der Waals surface area contributed by atoms with E-state index in [0.717, 1.165) is 4.90 Å². The van der Waals surface area contributed by atoms with Crippen LogP contribution in [0.1, 0.15) is 34.1 Å². The Balaban J connectivity index is 1.69. The Kier molecular flexibility index (Phi) is 5.44. The average molecular weight is 397 g/mol. The van der Waals surface area contributed by atoms with Crippen LogP contribution in [-0.2, 0) is 19.2 Å². The van der Waals surface area contributed by atoms with Crippen molar-refractivity contribution in [1.82, 2.24) is 14.9 Å². The summed E-state index contributed by atoms with van der Waals surface area (Å²) in [6.45, 7) is 1.51. The molecule has 0 bridgehead atoms. The van der Waals surface area contributed by atoms with Gasteiger partial charge in [0.1, 0.15) is 0 Å². The highest BCUT2D eigenvalue weighted by Gasteiger charge is 2.38. The first-order chi connectivity index (χ1) is 12.8. The standard InChI is InChI=1S/C16H19N3O7S/c1-2-25-16(22)17-13-9-26-27(23,24)18-12(13)7-8-19-14(20)10-5-3-4-6-11(10)15(19)21/h3-6,12-13,18H,2,7-9H2,1H3,(H,17,22)/t12-,13+/m0/s1. The minimum absolute atomic E-state index is 0.0134. The Hall–Kier alpha value is -2.50. The van der Waals surface area contributed by atoms with Gasteiger partial charge in [0.05, 0.1) is 30.4 Å². The molecule has 2 N–H and O–H groups in total. The average Bonchev–Trinajstić information content (AvgIpc) is 2.86. The second-order valence-corrected chi connectivity index (χ2v) is 7.41. The number of imide groups is 1. The molecule has 2 aliphatic rings. The fourth-order valence-electron chi connectivity index (χ4n) is 3.02. The molecule has 2 atom stereocenters. The fourth-order valence-corrected chi connectivity index (χ4v) is 4.06. The number of fused-ring (bicyclic) bond motifs is 1. The van der Waals surface area contributed by atoms with Crippen LogP contribution < -0.4 is 10.0 Å². The summed E-state index contributed by atoms with van der Waals surface area (Å²) in [5, 5.41) is 2.52. The van der Waals surface area contributed by atoms with Crippen LogP contribution in [0.25, 0.3) is 0 Å². The summed E-state index contributed by atoms with van der Waals surface area (Å²) in [5.41, 5.74) is 0.632. The molecule has 1 fully saturated rings. The van der Waals surface area contributed by atoms with E-state index < -0.39 is 40.3 Å². The van der Waals surface area contributed by atoms with Crippen molar-refractivity contribution in [1.29, 1.82) is 0 Å². The quantitative estimate of drug-likeness (QED) is 0.670. The summed E-state index contributed by atoms with van der Waals surface area (Å²) in [5.74, 6) is -0.860. The minimum Gasteiger partial charge on any atom is -0.450 e. The van der Waals surface area contributed by atoms with Crippen molar-refractivity contribution < 1.29 is 31.7 Å². The van der Waals surface area contributed by atoms with Gasteiger partial charge >= 0.3 is 16.4 Å². The first kappa shape index (κ1) is 19.3. The van der Waals surface area contributed by atoms with Gasteiger partial charge in [0.25, 0.3) is 11.8 Å². The molecule has 3 rings (SSSR count). The lowest BCUT2D eigenvalue weighted by Gasteiger charge is -2.32. The van der Waals surface area contributed by atoms with Crippen molar-refractivity contribution in [3.05, 3.63) is 35.4 Å². The number of benzene rings is 1. The highest BCUT2D eigenvalue weighted by atomic mass is 32.2. The Labute approximate surface area is 156 Å². The van der Waals surface area contributed by atoms with Crippen LogP contribution in [0.2, 0.25) is 0 Å². The van der Waals surface area contributed by atoms with E-state index in [9.17, 15) is 22.8 Å². The van der Waals surface area contributed by atoms with Gasteiger partial charge in [-0.3, -0.25) is 18.7 Å². The van der Waals surface area contributed by atoms with Crippen molar-refractivity contribution >= 4 is 28.2 Å². The van der Waals surface area contributed by atoms with E-state index in [4.69, 9.17) is 8.92 Å². The highest BCUT2D eigenvalue weighted by Crippen LogP contribution is 2.23. The van der Waals surface area contributed by atoms with Crippen molar-refractivity contribution in [3.8, 4) is 0 Å². The van der Waals surface area contributed by atoms with Gasteiger partial charge in [0.2, 0.25) is 0 Å². The van der Waals surface area contributed by atoms with Crippen LogP contribution in [-0.4, -0.2) is 63.1 Å². The maximum absolute atomic E-state index is 12.4. The Morgan fingerprint density at radius 2 is 1.93 bits per heavy atom. The zero-order valence-corrected chi connectivity index (χ0v) is 15.3. The van der Waals surface area contributed by atoms with E-state index in [-0.39, 0.29) is 26.2 Å². The number of carbonyl (C=O) groups excluding carboxylic acids is 3.